The highest BCUT2D eigenvalue weighted by Crippen LogP contribution is 2.09. The molecule has 7 nitrogen and oxygen atoms in total. The summed E-state index contributed by atoms with van der Waals surface area (Å²) in [7, 11) is -3.85. The van der Waals surface area contributed by atoms with Crippen molar-refractivity contribution in [3.05, 3.63) is 5.51 Å². The zero-order valence-corrected chi connectivity index (χ0v) is 7.80. The minimum absolute atomic E-state index is 0.0567. The Labute approximate surface area is 77.5 Å². The number of anilines is 1. The molecule has 0 saturated heterocycles. The van der Waals surface area contributed by atoms with Gasteiger partial charge in [-0.05, 0) is 0 Å². The number of carbonyl (C=O) groups is 1. The van der Waals surface area contributed by atoms with Crippen LogP contribution in [0.3, 0.4) is 0 Å². The van der Waals surface area contributed by atoms with Crippen LogP contribution in [0.4, 0.5) is 5.13 Å². The van der Waals surface area contributed by atoms with Crippen molar-refractivity contribution in [1.82, 2.24) is 10.2 Å². The zero-order chi connectivity index (χ0) is 9.90. The van der Waals surface area contributed by atoms with Crippen molar-refractivity contribution in [2.45, 2.75) is 0 Å². The van der Waals surface area contributed by atoms with Gasteiger partial charge in [0, 0.05) is 0 Å². The smallest absolute Gasteiger partial charge is 0.320 e. The summed E-state index contributed by atoms with van der Waals surface area (Å²) in [6.07, 6.45) is 0. The fourth-order valence-corrected chi connectivity index (χ4v) is 2.12. The van der Waals surface area contributed by atoms with Gasteiger partial charge in [-0.2, -0.15) is 0 Å². The van der Waals surface area contributed by atoms with Crippen LogP contribution in [-0.4, -0.2) is 35.4 Å². The number of carboxylic acid groups (broad SMARTS) is 1. The van der Waals surface area contributed by atoms with Gasteiger partial charge in [0.25, 0.3) is 0 Å². The van der Waals surface area contributed by atoms with Gasteiger partial charge in [-0.1, -0.05) is 11.3 Å². The number of nitrogens with zero attached hydrogens (tertiary/aromatic N) is 2. The molecule has 0 fully saturated rings. The topological polar surface area (TPSA) is 109 Å². The molecule has 1 rings (SSSR count). The second-order valence-electron chi connectivity index (χ2n) is 2.00. The summed E-state index contributed by atoms with van der Waals surface area (Å²) in [5.74, 6) is -2.40. The highest BCUT2D eigenvalue weighted by atomic mass is 32.2. The molecule has 13 heavy (non-hydrogen) atoms. The number of aromatic nitrogens is 2. The van der Waals surface area contributed by atoms with Crippen LogP contribution in [-0.2, 0) is 14.8 Å². The lowest BCUT2D eigenvalue weighted by atomic mass is 10.8. The molecule has 0 saturated carbocycles. The molecule has 1 aromatic rings. The van der Waals surface area contributed by atoms with Crippen molar-refractivity contribution in [2.24, 2.45) is 0 Å². The molecule has 0 unspecified atom stereocenters. The minimum atomic E-state index is -3.85. The Hall–Kier alpha value is -1.22. The number of carboxylic acids is 1. The van der Waals surface area contributed by atoms with Crippen molar-refractivity contribution in [1.29, 1.82) is 0 Å². The molecule has 0 radical (unpaired) electrons. The number of nitrogens with one attached hydrogen (secondary N) is 1. The Bertz CT molecular complexity index is 384. The second kappa shape index (κ2) is 3.66. The van der Waals surface area contributed by atoms with E-state index in [0.29, 0.717) is 0 Å². The molecule has 0 bridgehead atoms. The molecule has 0 aromatic carbocycles. The van der Waals surface area contributed by atoms with E-state index in [1.807, 2.05) is 4.72 Å². The number of rotatable bonds is 4. The minimum Gasteiger partial charge on any atom is -0.480 e. The molecule has 9 heteroatoms. The first kappa shape index (κ1) is 9.86. The van der Waals surface area contributed by atoms with Crippen molar-refractivity contribution in [2.75, 3.05) is 10.5 Å². The molecule has 1 heterocycles. The molecule has 72 valence electrons. The molecular weight excluding hydrogens is 218 g/mol. The first-order valence-electron chi connectivity index (χ1n) is 2.98. The van der Waals surface area contributed by atoms with Gasteiger partial charge in [-0.25, -0.2) is 8.42 Å². The lowest BCUT2D eigenvalue weighted by Gasteiger charge is -1.99. The maximum absolute atomic E-state index is 11.0. The quantitative estimate of drug-likeness (QED) is 0.703. The molecule has 1 aromatic heterocycles. The summed E-state index contributed by atoms with van der Waals surface area (Å²) < 4.78 is 23.9. The molecule has 0 aliphatic carbocycles. The Morgan fingerprint density at radius 3 is 2.85 bits per heavy atom. The van der Waals surface area contributed by atoms with Crippen molar-refractivity contribution in [3.8, 4) is 0 Å². The maximum Gasteiger partial charge on any atom is 0.320 e. The van der Waals surface area contributed by atoms with Crippen LogP contribution in [0.5, 0.6) is 0 Å². The summed E-state index contributed by atoms with van der Waals surface area (Å²) in [4.78, 5) is 10.1. The third-order valence-corrected chi connectivity index (χ3v) is 2.78. The average molecular weight is 223 g/mol. The normalized spacial score (nSPS) is 11.1. The fourth-order valence-electron chi connectivity index (χ4n) is 0.549. The van der Waals surface area contributed by atoms with E-state index in [4.69, 9.17) is 5.11 Å². The summed E-state index contributed by atoms with van der Waals surface area (Å²) in [6, 6.07) is 0. The molecule has 0 spiro atoms. The van der Waals surface area contributed by atoms with Crippen LogP contribution in [0.25, 0.3) is 0 Å². The number of hydrogen-bond donors (Lipinski definition) is 2. The predicted molar refractivity (Wildman–Crippen MR) is 45.0 cm³/mol. The van der Waals surface area contributed by atoms with E-state index in [1.165, 1.54) is 5.51 Å². The zero-order valence-electron chi connectivity index (χ0n) is 6.17. The van der Waals surface area contributed by atoms with Crippen molar-refractivity contribution in [3.63, 3.8) is 0 Å². The lowest BCUT2D eigenvalue weighted by molar-refractivity contribution is -0.134. The van der Waals surface area contributed by atoms with Crippen LogP contribution in [0, 0.1) is 0 Å². The van der Waals surface area contributed by atoms with Crippen molar-refractivity contribution < 1.29 is 18.3 Å². The molecule has 2 N–H and O–H groups in total. The van der Waals surface area contributed by atoms with Gasteiger partial charge < -0.3 is 5.11 Å². The van der Waals surface area contributed by atoms with Gasteiger partial charge in [-0.3, -0.25) is 9.52 Å². The van der Waals surface area contributed by atoms with Gasteiger partial charge >= 0.3 is 5.97 Å². The Kier molecular flexibility index (Phi) is 2.78. The van der Waals surface area contributed by atoms with Crippen LogP contribution < -0.4 is 4.72 Å². The van der Waals surface area contributed by atoms with E-state index in [0.717, 1.165) is 11.3 Å². The van der Waals surface area contributed by atoms with E-state index in [1.54, 1.807) is 0 Å². The number of aliphatic carboxylic acids is 1. The van der Waals surface area contributed by atoms with E-state index >= 15 is 0 Å². The Morgan fingerprint density at radius 2 is 2.38 bits per heavy atom. The highest BCUT2D eigenvalue weighted by Gasteiger charge is 2.16. The molecule has 0 aliphatic heterocycles. The first-order chi connectivity index (χ1) is 5.99. The van der Waals surface area contributed by atoms with Crippen molar-refractivity contribution >= 4 is 32.5 Å². The van der Waals surface area contributed by atoms with Crippen LogP contribution in [0.2, 0.25) is 0 Å². The second-order valence-corrected chi connectivity index (χ2v) is 4.55. The van der Waals surface area contributed by atoms with E-state index in [2.05, 4.69) is 10.2 Å². The molecule has 0 amide bonds. The molecule has 0 aliphatic rings. The van der Waals surface area contributed by atoms with E-state index in [-0.39, 0.29) is 5.13 Å². The number of hydrogen-bond acceptors (Lipinski definition) is 6. The first-order valence-corrected chi connectivity index (χ1v) is 5.51. The molecular formula is C4H5N3O4S2. The Morgan fingerprint density at radius 1 is 1.69 bits per heavy atom. The molecule has 0 atom stereocenters. The maximum atomic E-state index is 11.0. The average Bonchev–Trinajstić information content (AvgIpc) is 2.34. The van der Waals surface area contributed by atoms with Gasteiger partial charge in [0.15, 0.2) is 5.75 Å². The van der Waals surface area contributed by atoms with Crippen LogP contribution in [0.1, 0.15) is 0 Å². The summed E-state index contributed by atoms with van der Waals surface area (Å²) in [6.45, 7) is 0. The SMILES string of the molecule is O=C(O)CS(=O)(=O)Nc1nncs1. The van der Waals surface area contributed by atoms with Gasteiger partial charge in [-0.15, -0.1) is 10.2 Å². The standard InChI is InChI=1S/C4H5N3O4S2/c8-3(9)1-13(10,11)7-4-6-5-2-12-4/h2H,1H2,(H,6,7)(H,8,9). The fraction of sp³-hybridized carbons (Fsp3) is 0.250. The number of sulfonamides is 1. The summed E-state index contributed by atoms with van der Waals surface area (Å²) in [5, 5.41) is 15.1. The summed E-state index contributed by atoms with van der Waals surface area (Å²) >= 11 is 0.971. The van der Waals surface area contributed by atoms with Crippen LogP contribution in [0.15, 0.2) is 5.51 Å². The summed E-state index contributed by atoms with van der Waals surface area (Å²) in [5.41, 5.74) is 1.33. The third-order valence-electron chi connectivity index (χ3n) is 0.916. The van der Waals surface area contributed by atoms with Gasteiger partial charge in [0.1, 0.15) is 5.51 Å². The predicted octanol–water partition coefficient (Wildman–Crippen LogP) is -0.636. The Balaban J connectivity index is 2.68. The highest BCUT2D eigenvalue weighted by molar-refractivity contribution is 7.93. The van der Waals surface area contributed by atoms with E-state index in [9.17, 15) is 13.2 Å². The van der Waals surface area contributed by atoms with Crippen LogP contribution >= 0.6 is 11.3 Å². The monoisotopic (exact) mass is 223 g/mol. The van der Waals surface area contributed by atoms with Gasteiger partial charge in [0.05, 0.1) is 0 Å². The lowest BCUT2D eigenvalue weighted by Crippen LogP contribution is -2.22. The largest absolute Gasteiger partial charge is 0.480 e. The van der Waals surface area contributed by atoms with E-state index < -0.39 is 21.7 Å². The third kappa shape index (κ3) is 3.34. The van der Waals surface area contributed by atoms with Gasteiger partial charge in [0.2, 0.25) is 15.2 Å².